The summed E-state index contributed by atoms with van der Waals surface area (Å²) in [4.78, 5) is 24.5. The second-order valence-electron chi connectivity index (χ2n) is 9.31. The summed E-state index contributed by atoms with van der Waals surface area (Å²) in [5.74, 6) is 0.271. The van der Waals surface area contributed by atoms with Crippen molar-refractivity contribution in [1.29, 1.82) is 0 Å². The Morgan fingerprint density at radius 3 is 1.67 bits per heavy atom. The Morgan fingerprint density at radius 2 is 1.21 bits per heavy atom. The summed E-state index contributed by atoms with van der Waals surface area (Å²) >= 11 is 0. The van der Waals surface area contributed by atoms with Crippen LogP contribution in [0.2, 0.25) is 0 Å². The van der Waals surface area contributed by atoms with Crippen molar-refractivity contribution in [2.45, 2.75) is 135 Å². The van der Waals surface area contributed by atoms with Crippen molar-refractivity contribution in [2.75, 3.05) is 13.1 Å². The molecule has 0 radical (unpaired) electrons. The summed E-state index contributed by atoms with van der Waals surface area (Å²) in [6.07, 6.45) is 21.4. The number of hydrogen-bond acceptors (Lipinski definition) is 4. The van der Waals surface area contributed by atoms with Crippen LogP contribution < -0.4 is 21.7 Å². The maximum Gasteiger partial charge on any atom is 0.242 e. The van der Waals surface area contributed by atoms with Crippen LogP contribution in [0.3, 0.4) is 0 Å². The number of hydrogen-bond donors (Lipinski definition) is 4. The van der Waals surface area contributed by atoms with Gasteiger partial charge < -0.3 is 21.7 Å². The second kappa shape index (κ2) is 23.4. The van der Waals surface area contributed by atoms with E-state index in [1.54, 1.807) is 0 Å². The van der Waals surface area contributed by atoms with Crippen LogP contribution in [-0.2, 0) is 9.59 Å². The number of unbranched alkanes of at least 4 members (excludes halogenated alkanes) is 14. The molecule has 1 unspecified atom stereocenters. The molecular formula is C27H54N4O2. The van der Waals surface area contributed by atoms with E-state index < -0.39 is 6.04 Å². The van der Waals surface area contributed by atoms with Crippen molar-refractivity contribution in [3.05, 3.63) is 12.4 Å². The van der Waals surface area contributed by atoms with Crippen molar-refractivity contribution in [3.63, 3.8) is 0 Å². The van der Waals surface area contributed by atoms with Crippen molar-refractivity contribution in [1.82, 2.24) is 16.0 Å². The quantitative estimate of drug-likeness (QED) is 0.138. The highest BCUT2D eigenvalue weighted by atomic mass is 16.2. The minimum atomic E-state index is -0.485. The number of carbonyl (C=O) groups is 2. The van der Waals surface area contributed by atoms with Gasteiger partial charge in [-0.1, -0.05) is 103 Å². The topological polar surface area (TPSA) is 96.2 Å². The first-order valence-electron chi connectivity index (χ1n) is 13.8. The lowest BCUT2D eigenvalue weighted by molar-refractivity contribution is -0.129. The van der Waals surface area contributed by atoms with E-state index in [-0.39, 0.29) is 11.8 Å². The summed E-state index contributed by atoms with van der Waals surface area (Å²) in [7, 11) is 0. The van der Waals surface area contributed by atoms with Gasteiger partial charge in [-0.05, 0) is 26.2 Å². The molecule has 0 rings (SSSR count). The monoisotopic (exact) mass is 466 g/mol. The van der Waals surface area contributed by atoms with Crippen LogP contribution in [0.1, 0.15) is 129 Å². The Morgan fingerprint density at radius 1 is 0.727 bits per heavy atom. The molecule has 0 aliphatic rings. The van der Waals surface area contributed by atoms with Crippen molar-refractivity contribution in [2.24, 2.45) is 5.73 Å². The van der Waals surface area contributed by atoms with Crippen molar-refractivity contribution >= 4 is 11.8 Å². The van der Waals surface area contributed by atoms with E-state index in [4.69, 9.17) is 5.73 Å². The molecule has 1 atom stereocenters. The van der Waals surface area contributed by atoms with E-state index in [0.717, 1.165) is 19.3 Å². The molecule has 2 amide bonds. The van der Waals surface area contributed by atoms with Crippen molar-refractivity contribution in [3.8, 4) is 0 Å². The van der Waals surface area contributed by atoms with Gasteiger partial charge >= 0.3 is 0 Å². The molecular weight excluding hydrogens is 412 g/mol. The number of rotatable bonds is 24. The summed E-state index contributed by atoms with van der Waals surface area (Å²) in [5, 5.41) is 8.66. The average molecular weight is 467 g/mol. The Balaban J connectivity index is 3.70. The third-order valence-corrected chi connectivity index (χ3v) is 6.03. The molecule has 0 bridgehead atoms. The minimum absolute atomic E-state index is 0.0304. The van der Waals surface area contributed by atoms with Crippen LogP contribution in [0.5, 0.6) is 0 Å². The van der Waals surface area contributed by atoms with Crippen molar-refractivity contribution < 1.29 is 9.59 Å². The number of nitrogens with two attached hydrogens (primary N) is 1. The normalized spacial score (nSPS) is 11.7. The van der Waals surface area contributed by atoms with E-state index in [2.05, 4.69) is 29.5 Å². The summed E-state index contributed by atoms with van der Waals surface area (Å²) < 4.78 is 0. The molecule has 6 nitrogen and oxygen atoms in total. The van der Waals surface area contributed by atoms with Crippen LogP contribution in [0.25, 0.3) is 0 Å². The number of amides is 2. The van der Waals surface area contributed by atoms with E-state index in [1.807, 2.05) is 6.92 Å². The first-order chi connectivity index (χ1) is 16.0. The molecule has 0 saturated carbocycles. The molecule has 0 aromatic heterocycles. The molecule has 33 heavy (non-hydrogen) atoms. The van der Waals surface area contributed by atoms with Gasteiger partial charge in [0.15, 0.2) is 0 Å². The van der Waals surface area contributed by atoms with E-state index in [1.165, 1.54) is 83.5 Å². The van der Waals surface area contributed by atoms with Gasteiger partial charge in [-0.2, -0.15) is 0 Å². The van der Waals surface area contributed by atoms with Gasteiger partial charge in [0.1, 0.15) is 6.04 Å². The van der Waals surface area contributed by atoms with Gasteiger partial charge in [0.2, 0.25) is 11.8 Å². The van der Waals surface area contributed by atoms with E-state index >= 15 is 0 Å². The number of carbonyl (C=O) groups excluding carboxylic acids is 2. The lowest BCUT2D eigenvalue weighted by atomic mass is 10.0. The molecule has 0 aromatic rings. The summed E-state index contributed by atoms with van der Waals surface area (Å²) in [6, 6.07) is -0.485. The molecule has 0 heterocycles. The molecule has 0 aliphatic heterocycles. The maximum absolute atomic E-state index is 12.3. The SMILES string of the molecule is C=C(N)NCCCC(NC(=O)CCCCCCCCCCCCCCCCC)C(=O)NCC. The number of likely N-dealkylation sites (N-methyl/N-ethyl adjacent to an activating group) is 1. The zero-order valence-corrected chi connectivity index (χ0v) is 21.8. The summed E-state index contributed by atoms with van der Waals surface area (Å²) in [6.45, 7) is 8.94. The van der Waals surface area contributed by atoms with Gasteiger partial charge in [-0.3, -0.25) is 9.59 Å². The predicted molar refractivity (Wildman–Crippen MR) is 141 cm³/mol. The smallest absolute Gasteiger partial charge is 0.242 e. The van der Waals surface area contributed by atoms with Crippen LogP contribution >= 0.6 is 0 Å². The molecule has 194 valence electrons. The van der Waals surface area contributed by atoms with Gasteiger partial charge in [0, 0.05) is 19.5 Å². The van der Waals surface area contributed by atoms with Gasteiger partial charge in [0.05, 0.1) is 5.82 Å². The Bertz CT molecular complexity index is 497. The Hall–Kier alpha value is -1.72. The van der Waals surface area contributed by atoms with E-state index in [0.29, 0.717) is 31.8 Å². The molecule has 0 fully saturated rings. The zero-order chi connectivity index (χ0) is 24.6. The minimum Gasteiger partial charge on any atom is -0.386 e. The fourth-order valence-corrected chi connectivity index (χ4v) is 4.04. The lowest BCUT2D eigenvalue weighted by Gasteiger charge is -2.18. The third kappa shape index (κ3) is 21.9. The Kier molecular flexibility index (Phi) is 22.2. The van der Waals surface area contributed by atoms with Gasteiger partial charge in [-0.15, -0.1) is 0 Å². The van der Waals surface area contributed by atoms with Gasteiger partial charge in [-0.25, -0.2) is 0 Å². The summed E-state index contributed by atoms with van der Waals surface area (Å²) in [5.41, 5.74) is 5.49. The van der Waals surface area contributed by atoms with Crippen LogP contribution in [0.15, 0.2) is 12.4 Å². The predicted octanol–water partition coefficient (Wildman–Crippen LogP) is 5.67. The Labute approximate surface area is 204 Å². The maximum atomic E-state index is 12.3. The first kappa shape index (κ1) is 31.3. The second-order valence-corrected chi connectivity index (χ2v) is 9.31. The van der Waals surface area contributed by atoms with Crippen LogP contribution in [0.4, 0.5) is 0 Å². The average Bonchev–Trinajstić information content (AvgIpc) is 2.78. The largest absolute Gasteiger partial charge is 0.386 e. The first-order valence-corrected chi connectivity index (χ1v) is 13.8. The van der Waals surface area contributed by atoms with Crippen LogP contribution in [-0.4, -0.2) is 30.9 Å². The van der Waals surface area contributed by atoms with Crippen LogP contribution in [0, 0.1) is 0 Å². The highest BCUT2D eigenvalue weighted by molar-refractivity contribution is 5.87. The fourth-order valence-electron chi connectivity index (χ4n) is 4.04. The van der Waals surface area contributed by atoms with Gasteiger partial charge in [0.25, 0.3) is 0 Å². The standard InChI is InChI=1S/C27H54N4O2/c1-4-6-7-8-9-10-11-12-13-14-15-16-17-18-19-22-26(32)31-25(27(33)29-5-2)21-20-23-30-24(3)28/h25,30H,3-23,28H2,1-2H3,(H,29,33)(H,31,32). The third-order valence-electron chi connectivity index (χ3n) is 6.03. The molecule has 0 spiro atoms. The lowest BCUT2D eigenvalue weighted by Crippen LogP contribution is -2.46. The molecule has 0 aliphatic carbocycles. The highest BCUT2D eigenvalue weighted by Crippen LogP contribution is 2.13. The zero-order valence-electron chi connectivity index (χ0n) is 21.8. The molecule has 0 aromatic carbocycles. The fraction of sp³-hybridized carbons (Fsp3) is 0.852. The molecule has 5 N–H and O–H groups in total. The highest BCUT2D eigenvalue weighted by Gasteiger charge is 2.19. The molecule has 6 heteroatoms. The van der Waals surface area contributed by atoms with E-state index in [9.17, 15) is 9.59 Å². The number of nitrogens with one attached hydrogen (secondary N) is 3. The molecule has 0 saturated heterocycles.